The van der Waals surface area contributed by atoms with Crippen LogP contribution in [-0.2, 0) is 26.4 Å². The lowest BCUT2D eigenvalue weighted by Gasteiger charge is -2.12. The molecule has 4 nitrogen and oxygen atoms in total. The summed E-state index contributed by atoms with van der Waals surface area (Å²) >= 11 is 1.49. The molecular formula is C15H19N3OS. The van der Waals surface area contributed by atoms with Crippen LogP contribution in [-0.4, -0.2) is 15.7 Å². The average molecular weight is 289 g/mol. The lowest BCUT2D eigenvalue weighted by molar-refractivity contribution is 0.0954. The van der Waals surface area contributed by atoms with Gasteiger partial charge in [0.15, 0.2) is 0 Å². The van der Waals surface area contributed by atoms with Gasteiger partial charge < -0.3 is 5.32 Å². The number of carbonyl (C=O) groups is 1. The van der Waals surface area contributed by atoms with E-state index in [1.165, 1.54) is 35.4 Å². The second kappa shape index (κ2) is 5.40. The summed E-state index contributed by atoms with van der Waals surface area (Å²) < 4.78 is 1.98. The Kier molecular flexibility index (Phi) is 3.61. The quantitative estimate of drug-likeness (QED) is 0.944. The Morgan fingerprint density at radius 2 is 2.25 bits per heavy atom. The highest BCUT2D eigenvalue weighted by atomic mass is 32.1. The number of thiophene rings is 1. The summed E-state index contributed by atoms with van der Waals surface area (Å²) in [5.41, 5.74) is 4.85. The van der Waals surface area contributed by atoms with E-state index in [0.29, 0.717) is 6.54 Å². The third kappa shape index (κ3) is 2.50. The van der Waals surface area contributed by atoms with Crippen LogP contribution in [0.4, 0.5) is 0 Å². The second-order valence-corrected chi connectivity index (χ2v) is 6.28. The molecule has 1 aliphatic carbocycles. The fraction of sp³-hybridized carbons (Fsp3) is 0.467. The first-order valence-electron chi connectivity index (χ1n) is 7.02. The number of nitrogens with one attached hydrogen (secondary N) is 1. The van der Waals surface area contributed by atoms with Crippen LogP contribution in [0, 0.1) is 6.92 Å². The standard InChI is InChI=1S/C15H19N3OS/c1-10-7-14(20-9-10)15(19)16-8-12-11-5-3-4-6-13(11)18(2)17-12/h7,9H,3-6,8H2,1-2H3,(H,16,19). The summed E-state index contributed by atoms with van der Waals surface area (Å²) in [6, 6.07) is 1.92. The molecule has 1 aliphatic rings. The number of rotatable bonds is 3. The van der Waals surface area contributed by atoms with E-state index in [4.69, 9.17) is 0 Å². The number of aryl methyl sites for hydroxylation is 2. The van der Waals surface area contributed by atoms with Gasteiger partial charge in [-0.1, -0.05) is 0 Å². The molecule has 0 fully saturated rings. The van der Waals surface area contributed by atoms with E-state index < -0.39 is 0 Å². The van der Waals surface area contributed by atoms with Crippen molar-refractivity contribution in [1.82, 2.24) is 15.1 Å². The molecule has 0 radical (unpaired) electrons. The van der Waals surface area contributed by atoms with Crippen molar-refractivity contribution in [2.45, 2.75) is 39.2 Å². The SMILES string of the molecule is Cc1csc(C(=O)NCc2nn(C)c3c2CCCC3)c1. The molecule has 0 spiro atoms. The Hall–Kier alpha value is -1.62. The molecule has 0 saturated carbocycles. The summed E-state index contributed by atoms with van der Waals surface area (Å²) in [6.07, 6.45) is 4.67. The van der Waals surface area contributed by atoms with E-state index in [0.717, 1.165) is 29.0 Å². The van der Waals surface area contributed by atoms with Crippen molar-refractivity contribution in [3.8, 4) is 0 Å². The molecule has 0 aliphatic heterocycles. The fourth-order valence-corrected chi connectivity index (χ4v) is 3.62. The van der Waals surface area contributed by atoms with Crippen LogP contribution in [0.5, 0.6) is 0 Å². The van der Waals surface area contributed by atoms with Gasteiger partial charge in [-0.15, -0.1) is 11.3 Å². The molecule has 0 aromatic carbocycles. The van der Waals surface area contributed by atoms with Gasteiger partial charge >= 0.3 is 0 Å². The van der Waals surface area contributed by atoms with E-state index in [-0.39, 0.29) is 5.91 Å². The predicted molar refractivity (Wildman–Crippen MR) is 80.1 cm³/mol. The summed E-state index contributed by atoms with van der Waals surface area (Å²) in [7, 11) is 2.00. The molecule has 106 valence electrons. The number of hydrogen-bond acceptors (Lipinski definition) is 3. The van der Waals surface area contributed by atoms with Crippen molar-refractivity contribution in [3.63, 3.8) is 0 Å². The summed E-state index contributed by atoms with van der Waals surface area (Å²) in [5.74, 6) is -0.00156. The summed E-state index contributed by atoms with van der Waals surface area (Å²) in [4.78, 5) is 12.8. The Labute approximate surface area is 122 Å². The lowest BCUT2D eigenvalue weighted by atomic mass is 9.96. The van der Waals surface area contributed by atoms with Crippen LogP contribution >= 0.6 is 11.3 Å². The molecule has 0 bridgehead atoms. The molecule has 5 heteroatoms. The van der Waals surface area contributed by atoms with Crippen LogP contribution in [0.15, 0.2) is 11.4 Å². The first-order chi connectivity index (χ1) is 9.65. The Morgan fingerprint density at radius 1 is 1.45 bits per heavy atom. The summed E-state index contributed by atoms with van der Waals surface area (Å²) in [6.45, 7) is 2.53. The molecule has 0 unspecified atom stereocenters. The van der Waals surface area contributed by atoms with E-state index in [2.05, 4.69) is 10.4 Å². The monoisotopic (exact) mass is 289 g/mol. The van der Waals surface area contributed by atoms with Crippen LogP contribution in [0.25, 0.3) is 0 Å². The zero-order valence-electron chi connectivity index (χ0n) is 11.9. The van der Waals surface area contributed by atoms with Gasteiger partial charge in [0, 0.05) is 12.7 Å². The fourth-order valence-electron chi connectivity index (χ4n) is 2.80. The first-order valence-corrected chi connectivity index (χ1v) is 7.90. The topological polar surface area (TPSA) is 46.9 Å². The van der Waals surface area contributed by atoms with Gasteiger partial charge in [-0.05, 0) is 55.2 Å². The second-order valence-electron chi connectivity index (χ2n) is 5.37. The number of fused-ring (bicyclic) bond motifs is 1. The molecule has 1 amide bonds. The van der Waals surface area contributed by atoms with Crippen molar-refractivity contribution >= 4 is 17.2 Å². The van der Waals surface area contributed by atoms with Crippen LogP contribution in [0.2, 0.25) is 0 Å². The highest BCUT2D eigenvalue weighted by molar-refractivity contribution is 7.12. The number of carbonyl (C=O) groups excluding carboxylic acids is 1. The maximum Gasteiger partial charge on any atom is 0.261 e. The molecule has 2 aromatic rings. The largest absolute Gasteiger partial charge is 0.346 e. The van der Waals surface area contributed by atoms with Gasteiger partial charge in [0.25, 0.3) is 5.91 Å². The van der Waals surface area contributed by atoms with Crippen molar-refractivity contribution in [1.29, 1.82) is 0 Å². The minimum Gasteiger partial charge on any atom is -0.346 e. The van der Waals surface area contributed by atoms with E-state index in [1.807, 2.05) is 30.1 Å². The predicted octanol–water partition coefficient (Wildman–Crippen LogP) is 2.60. The number of nitrogens with zero attached hydrogens (tertiary/aromatic N) is 2. The van der Waals surface area contributed by atoms with E-state index in [1.54, 1.807) is 0 Å². The van der Waals surface area contributed by atoms with Gasteiger partial charge in [0.05, 0.1) is 17.1 Å². The van der Waals surface area contributed by atoms with Gasteiger partial charge in [0.1, 0.15) is 0 Å². The molecule has 3 rings (SSSR count). The third-order valence-corrected chi connectivity index (χ3v) is 4.87. The average Bonchev–Trinajstić information content (AvgIpc) is 3.01. The molecule has 2 heterocycles. The normalized spacial score (nSPS) is 14.1. The lowest BCUT2D eigenvalue weighted by Crippen LogP contribution is -2.22. The Morgan fingerprint density at radius 3 is 3.00 bits per heavy atom. The molecule has 2 aromatic heterocycles. The van der Waals surface area contributed by atoms with Gasteiger partial charge in [-0.2, -0.15) is 5.10 Å². The van der Waals surface area contributed by atoms with Crippen molar-refractivity contribution in [3.05, 3.63) is 38.8 Å². The van der Waals surface area contributed by atoms with E-state index >= 15 is 0 Å². The van der Waals surface area contributed by atoms with Gasteiger partial charge in [-0.3, -0.25) is 9.48 Å². The smallest absolute Gasteiger partial charge is 0.261 e. The van der Waals surface area contributed by atoms with Gasteiger partial charge in [-0.25, -0.2) is 0 Å². The van der Waals surface area contributed by atoms with Gasteiger partial charge in [0.2, 0.25) is 0 Å². The minimum atomic E-state index is -0.00156. The highest BCUT2D eigenvalue weighted by Gasteiger charge is 2.19. The zero-order valence-corrected chi connectivity index (χ0v) is 12.7. The maximum atomic E-state index is 12.1. The number of hydrogen-bond donors (Lipinski definition) is 1. The Balaban J connectivity index is 1.71. The molecule has 1 N–H and O–H groups in total. The van der Waals surface area contributed by atoms with E-state index in [9.17, 15) is 4.79 Å². The van der Waals surface area contributed by atoms with Crippen molar-refractivity contribution in [2.24, 2.45) is 7.05 Å². The van der Waals surface area contributed by atoms with Crippen molar-refractivity contribution in [2.75, 3.05) is 0 Å². The molecule has 20 heavy (non-hydrogen) atoms. The number of amides is 1. The third-order valence-electron chi connectivity index (χ3n) is 3.82. The molecular weight excluding hydrogens is 270 g/mol. The van der Waals surface area contributed by atoms with Crippen LogP contribution in [0.3, 0.4) is 0 Å². The van der Waals surface area contributed by atoms with Crippen LogP contribution in [0.1, 0.15) is 45.0 Å². The first kappa shape index (κ1) is 13.4. The summed E-state index contributed by atoms with van der Waals surface area (Å²) in [5, 5.41) is 9.55. The Bertz CT molecular complexity index is 642. The van der Waals surface area contributed by atoms with Crippen molar-refractivity contribution < 1.29 is 4.79 Å². The highest BCUT2D eigenvalue weighted by Crippen LogP contribution is 2.24. The number of aromatic nitrogens is 2. The molecule has 0 atom stereocenters. The zero-order chi connectivity index (χ0) is 14.1. The van der Waals surface area contributed by atoms with Crippen LogP contribution < -0.4 is 5.32 Å². The maximum absolute atomic E-state index is 12.1. The molecule has 0 saturated heterocycles. The minimum absolute atomic E-state index is 0.00156.